The van der Waals surface area contributed by atoms with Gasteiger partial charge in [0.25, 0.3) is 0 Å². The summed E-state index contributed by atoms with van der Waals surface area (Å²) in [6.45, 7) is 5.36. The Kier molecular flexibility index (Phi) is 5.24. The zero-order valence-electron chi connectivity index (χ0n) is 10.8. The molecule has 3 nitrogen and oxygen atoms in total. The van der Waals surface area contributed by atoms with Crippen LogP contribution in [0.3, 0.4) is 0 Å². The average molecular weight is 224 g/mol. The van der Waals surface area contributed by atoms with Gasteiger partial charge in [0.2, 0.25) is 0 Å². The van der Waals surface area contributed by atoms with Gasteiger partial charge in [0.1, 0.15) is 0 Å². The molecule has 0 aromatic rings. The number of nitriles is 1. The molecule has 1 aliphatic carbocycles. The van der Waals surface area contributed by atoms with E-state index in [0.29, 0.717) is 18.1 Å². The van der Waals surface area contributed by atoms with Gasteiger partial charge in [0, 0.05) is 6.61 Å². The molecule has 92 valence electrons. The summed E-state index contributed by atoms with van der Waals surface area (Å²) in [5.41, 5.74) is 0.500. The molecule has 0 radical (unpaired) electrons. The molecule has 0 amide bonds. The van der Waals surface area contributed by atoms with Crippen molar-refractivity contribution in [3.8, 4) is 6.07 Å². The minimum atomic E-state index is -0.0694. The predicted octanol–water partition coefficient (Wildman–Crippen LogP) is 2.47. The summed E-state index contributed by atoms with van der Waals surface area (Å²) in [5, 5.41) is 11.7. The van der Waals surface area contributed by atoms with Crippen molar-refractivity contribution in [2.75, 3.05) is 13.7 Å². The van der Waals surface area contributed by atoms with Gasteiger partial charge < -0.3 is 10.1 Å². The third-order valence-corrected chi connectivity index (χ3v) is 3.55. The third kappa shape index (κ3) is 4.51. The molecule has 0 heterocycles. The minimum Gasteiger partial charge on any atom is -0.378 e. The second kappa shape index (κ2) is 6.22. The summed E-state index contributed by atoms with van der Waals surface area (Å²) in [6.07, 6.45) is 6.06. The molecule has 1 saturated carbocycles. The molecule has 1 fully saturated rings. The molecule has 0 aliphatic heterocycles. The first-order valence-corrected chi connectivity index (χ1v) is 6.26. The van der Waals surface area contributed by atoms with Crippen molar-refractivity contribution in [2.24, 2.45) is 5.41 Å². The van der Waals surface area contributed by atoms with E-state index in [0.717, 1.165) is 6.42 Å². The standard InChI is InChI=1S/C13H24N2O/c1-13(2)7-4-12(5-8-13)16-9-6-11(10-14)15-3/h11-12,15H,4-9H2,1-3H3. The van der Waals surface area contributed by atoms with Crippen molar-refractivity contribution in [3.05, 3.63) is 0 Å². The lowest BCUT2D eigenvalue weighted by Gasteiger charge is -2.34. The molecule has 0 saturated heterocycles. The van der Waals surface area contributed by atoms with Crippen LogP contribution in [0.5, 0.6) is 0 Å². The van der Waals surface area contributed by atoms with Gasteiger partial charge in [0.15, 0.2) is 0 Å². The van der Waals surface area contributed by atoms with Crippen molar-refractivity contribution in [2.45, 2.75) is 58.1 Å². The largest absolute Gasteiger partial charge is 0.378 e. The quantitative estimate of drug-likeness (QED) is 0.780. The maximum atomic E-state index is 8.76. The van der Waals surface area contributed by atoms with E-state index in [4.69, 9.17) is 10.00 Å². The fourth-order valence-electron chi connectivity index (χ4n) is 2.17. The third-order valence-electron chi connectivity index (χ3n) is 3.55. The topological polar surface area (TPSA) is 45.0 Å². The normalized spacial score (nSPS) is 22.6. The highest BCUT2D eigenvalue weighted by Crippen LogP contribution is 2.36. The molecule has 0 bridgehead atoms. The number of rotatable bonds is 5. The summed E-state index contributed by atoms with van der Waals surface area (Å²) in [6, 6.07) is 2.14. The molecule has 0 aromatic carbocycles. The lowest BCUT2D eigenvalue weighted by molar-refractivity contribution is 0.00218. The first-order valence-electron chi connectivity index (χ1n) is 6.26. The van der Waals surface area contributed by atoms with Crippen LogP contribution in [-0.4, -0.2) is 25.8 Å². The molecule has 1 aliphatic rings. The number of ether oxygens (including phenoxy) is 1. The zero-order valence-corrected chi connectivity index (χ0v) is 10.8. The van der Waals surface area contributed by atoms with Crippen molar-refractivity contribution >= 4 is 0 Å². The lowest BCUT2D eigenvalue weighted by atomic mass is 9.76. The Morgan fingerprint density at radius 1 is 1.44 bits per heavy atom. The Balaban J connectivity index is 2.13. The van der Waals surface area contributed by atoms with Crippen LogP contribution in [-0.2, 0) is 4.74 Å². The predicted molar refractivity (Wildman–Crippen MR) is 65.1 cm³/mol. The average Bonchev–Trinajstić information content (AvgIpc) is 2.26. The van der Waals surface area contributed by atoms with Crippen LogP contribution in [0, 0.1) is 16.7 Å². The fourth-order valence-corrected chi connectivity index (χ4v) is 2.17. The van der Waals surface area contributed by atoms with E-state index >= 15 is 0 Å². The van der Waals surface area contributed by atoms with Crippen LogP contribution in [0.1, 0.15) is 46.0 Å². The van der Waals surface area contributed by atoms with Crippen LogP contribution in [0.2, 0.25) is 0 Å². The van der Waals surface area contributed by atoms with Crippen LogP contribution in [0.25, 0.3) is 0 Å². The maximum absolute atomic E-state index is 8.76. The first kappa shape index (κ1) is 13.5. The number of nitrogens with one attached hydrogen (secondary N) is 1. The van der Waals surface area contributed by atoms with Crippen LogP contribution in [0.4, 0.5) is 0 Å². The zero-order chi connectivity index (χ0) is 12.0. The van der Waals surface area contributed by atoms with Crippen LogP contribution in [0.15, 0.2) is 0 Å². The van der Waals surface area contributed by atoms with Gasteiger partial charge in [-0.1, -0.05) is 13.8 Å². The molecule has 0 spiro atoms. The van der Waals surface area contributed by atoms with E-state index in [2.05, 4.69) is 25.2 Å². The van der Waals surface area contributed by atoms with E-state index in [1.807, 2.05) is 7.05 Å². The molecule has 1 atom stereocenters. The lowest BCUT2D eigenvalue weighted by Crippen LogP contribution is -2.29. The minimum absolute atomic E-state index is 0.0694. The van der Waals surface area contributed by atoms with Crippen molar-refractivity contribution in [3.63, 3.8) is 0 Å². The van der Waals surface area contributed by atoms with E-state index in [-0.39, 0.29) is 6.04 Å². The maximum Gasteiger partial charge on any atom is 0.0972 e. The van der Waals surface area contributed by atoms with Gasteiger partial charge in [0.05, 0.1) is 18.2 Å². The molecular formula is C13H24N2O. The van der Waals surface area contributed by atoms with E-state index in [9.17, 15) is 0 Å². The number of hydrogen-bond acceptors (Lipinski definition) is 3. The Bertz CT molecular complexity index is 235. The molecule has 1 rings (SSSR count). The van der Waals surface area contributed by atoms with Gasteiger partial charge in [-0.05, 0) is 44.6 Å². The van der Waals surface area contributed by atoms with Gasteiger partial charge in [-0.25, -0.2) is 0 Å². The van der Waals surface area contributed by atoms with E-state index < -0.39 is 0 Å². The summed E-state index contributed by atoms with van der Waals surface area (Å²) < 4.78 is 5.82. The molecule has 0 aromatic heterocycles. The summed E-state index contributed by atoms with van der Waals surface area (Å²) in [7, 11) is 1.82. The van der Waals surface area contributed by atoms with Gasteiger partial charge in [-0.15, -0.1) is 0 Å². The van der Waals surface area contributed by atoms with Crippen molar-refractivity contribution in [1.82, 2.24) is 5.32 Å². The Hall–Kier alpha value is -0.590. The first-order chi connectivity index (χ1) is 7.57. The van der Waals surface area contributed by atoms with Crippen LogP contribution >= 0.6 is 0 Å². The van der Waals surface area contributed by atoms with E-state index in [1.54, 1.807) is 0 Å². The highest BCUT2D eigenvalue weighted by molar-refractivity contribution is 4.88. The molecule has 3 heteroatoms. The fraction of sp³-hybridized carbons (Fsp3) is 0.923. The van der Waals surface area contributed by atoms with E-state index in [1.165, 1.54) is 25.7 Å². The second-order valence-electron chi connectivity index (χ2n) is 5.49. The monoisotopic (exact) mass is 224 g/mol. The Morgan fingerprint density at radius 3 is 2.56 bits per heavy atom. The van der Waals surface area contributed by atoms with Gasteiger partial charge >= 0.3 is 0 Å². The number of nitrogens with zero attached hydrogens (tertiary/aromatic N) is 1. The SMILES string of the molecule is CNC(C#N)CCOC1CCC(C)(C)CC1. The van der Waals surface area contributed by atoms with Gasteiger partial charge in [-0.2, -0.15) is 5.26 Å². The van der Waals surface area contributed by atoms with Crippen molar-refractivity contribution in [1.29, 1.82) is 5.26 Å². The molecule has 1 N–H and O–H groups in total. The van der Waals surface area contributed by atoms with Gasteiger partial charge in [-0.3, -0.25) is 0 Å². The molecular weight excluding hydrogens is 200 g/mol. The number of hydrogen-bond donors (Lipinski definition) is 1. The molecule has 1 unspecified atom stereocenters. The smallest absolute Gasteiger partial charge is 0.0972 e. The molecule has 16 heavy (non-hydrogen) atoms. The van der Waals surface area contributed by atoms with Crippen molar-refractivity contribution < 1.29 is 4.74 Å². The van der Waals surface area contributed by atoms with Crippen LogP contribution < -0.4 is 5.32 Å². The Morgan fingerprint density at radius 2 is 2.06 bits per heavy atom. The second-order valence-corrected chi connectivity index (χ2v) is 5.49. The summed E-state index contributed by atoms with van der Waals surface area (Å²) in [5.74, 6) is 0. The highest BCUT2D eigenvalue weighted by Gasteiger charge is 2.27. The summed E-state index contributed by atoms with van der Waals surface area (Å²) in [4.78, 5) is 0. The Labute approximate surface area is 99.2 Å². The summed E-state index contributed by atoms with van der Waals surface area (Å²) >= 11 is 0. The highest BCUT2D eigenvalue weighted by atomic mass is 16.5.